The molecule has 0 aliphatic rings. The number of carbonyl (C=O) groups excluding carboxylic acids is 1. The van der Waals surface area contributed by atoms with Gasteiger partial charge in [0.15, 0.2) is 11.5 Å². The Labute approximate surface area is 188 Å². The van der Waals surface area contributed by atoms with Crippen LogP contribution in [-0.4, -0.2) is 31.7 Å². The molecule has 0 radical (unpaired) electrons. The number of para-hydroxylation sites is 1. The number of amides is 1. The first kappa shape index (κ1) is 22.1. The molecule has 0 unspecified atom stereocenters. The molecule has 1 N–H and O–H groups in total. The van der Waals surface area contributed by atoms with E-state index >= 15 is 0 Å². The Bertz CT molecular complexity index is 1020. The zero-order chi connectivity index (χ0) is 21.5. The van der Waals surface area contributed by atoms with Crippen molar-refractivity contribution in [2.45, 2.75) is 20.0 Å². The second kappa shape index (κ2) is 10.4. The third-order valence-corrected chi connectivity index (χ3v) is 5.97. The van der Waals surface area contributed by atoms with Crippen LogP contribution in [0.4, 0.5) is 0 Å². The minimum atomic E-state index is -0.184. The molecule has 30 heavy (non-hydrogen) atoms. The molecule has 0 saturated carbocycles. The lowest BCUT2D eigenvalue weighted by atomic mass is 10.1. The van der Waals surface area contributed by atoms with Crippen LogP contribution in [0.5, 0.6) is 17.2 Å². The van der Waals surface area contributed by atoms with Crippen molar-refractivity contribution in [2.24, 2.45) is 0 Å². The van der Waals surface area contributed by atoms with E-state index in [1.54, 1.807) is 37.7 Å². The van der Waals surface area contributed by atoms with E-state index in [0.29, 0.717) is 42.4 Å². The van der Waals surface area contributed by atoms with Crippen LogP contribution in [0.3, 0.4) is 0 Å². The van der Waals surface area contributed by atoms with E-state index in [1.807, 2.05) is 36.6 Å². The van der Waals surface area contributed by atoms with Crippen molar-refractivity contribution in [1.82, 2.24) is 10.3 Å². The van der Waals surface area contributed by atoms with E-state index in [2.05, 4.69) is 26.2 Å². The van der Waals surface area contributed by atoms with Crippen molar-refractivity contribution in [3.05, 3.63) is 68.1 Å². The highest BCUT2D eigenvalue weighted by Crippen LogP contribution is 2.33. The molecule has 0 fully saturated rings. The van der Waals surface area contributed by atoms with Crippen LogP contribution in [0.25, 0.3) is 0 Å². The molecule has 0 spiro atoms. The van der Waals surface area contributed by atoms with Gasteiger partial charge in [-0.1, -0.05) is 28.1 Å². The Balaban J connectivity index is 1.61. The number of aryl methyl sites for hydroxylation is 1. The largest absolute Gasteiger partial charge is 0.493 e. The van der Waals surface area contributed by atoms with Gasteiger partial charge in [0, 0.05) is 16.4 Å². The van der Waals surface area contributed by atoms with E-state index in [-0.39, 0.29) is 5.91 Å². The van der Waals surface area contributed by atoms with Crippen LogP contribution in [0.15, 0.2) is 46.3 Å². The average Bonchev–Trinajstić information content (AvgIpc) is 3.18. The molecule has 1 heterocycles. The summed E-state index contributed by atoms with van der Waals surface area (Å²) < 4.78 is 17.4. The molecule has 158 valence electrons. The Morgan fingerprint density at radius 3 is 2.57 bits per heavy atom. The summed E-state index contributed by atoms with van der Waals surface area (Å²) in [5, 5.41) is 5.90. The Hall–Kier alpha value is -2.58. The van der Waals surface area contributed by atoms with E-state index in [4.69, 9.17) is 14.2 Å². The highest BCUT2D eigenvalue weighted by atomic mass is 79.9. The van der Waals surface area contributed by atoms with Gasteiger partial charge in [0.05, 0.1) is 30.5 Å². The topological polar surface area (TPSA) is 69.7 Å². The Morgan fingerprint density at radius 1 is 1.13 bits per heavy atom. The van der Waals surface area contributed by atoms with Gasteiger partial charge < -0.3 is 19.5 Å². The number of methoxy groups -OCH3 is 2. The van der Waals surface area contributed by atoms with Gasteiger partial charge in [-0.2, -0.15) is 0 Å². The summed E-state index contributed by atoms with van der Waals surface area (Å²) >= 11 is 5.12. The average molecular weight is 491 g/mol. The fourth-order valence-electron chi connectivity index (χ4n) is 2.90. The third kappa shape index (κ3) is 5.52. The van der Waals surface area contributed by atoms with Gasteiger partial charge in [0.25, 0.3) is 5.91 Å². The quantitative estimate of drug-likeness (QED) is 0.467. The molecule has 0 aliphatic carbocycles. The van der Waals surface area contributed by atoms with Crippen molar-refractivity contribution in [1.29, 1.82) is 0 Å². The highest BCUT2D eigenvalue weighted by molar-refractivity contribution is 9.10. The summed E-state index contributed by atoms with van der Waals surface area (Å²) in [6.07, 6.45) is 0.633. The first-order valence-corrected chi connectivity index (χ1v) is 11.0. The van der Waals surface area contributed by atoms with E-state index in [1.165, 1.54) is 0 Å². The maximum atomic E-state index is 12.7. The van der Waals surface area contributed by atoms with Crippen molar-refractivity contribution >= 4 is 33.2 Å². The van der Waals surface area contributed by atoms with Crippen molar-refractivity contribution < 1.29 is 19.0 Å². The molecule has 2 aromatic carbocycles. The standard InChI is InChI=1S/C22H23BrN2O4S/c1-14-25-16(13-30-14)12-29-19-7-5-4-6-17(19)22(26)24-9-8-15-10-20(27-2)21(28-3)11-18(15)23/h4-7,10-11,13H,8-9,12H2,1-3H3,(H,24,26). The monoisotopic (exact) mass is 490 g/mol. The smallest absolute Gasteiger partial charge is 0.255 e. The number of ether oxygens (including phenoxy) is 3. The molecule has 1 aromatic heterocycles. The minimum Gasteiger partial charge on any atom is -0.493 e. The zero-order valence-corrected chi connectivity index (χ0v) is 19.4. The van der Waals surface area contributed by atoms with E-state index < -0.39 is 0 Å². The zero-order valence-electron chi connectivity index (χ0n) is 17.0. The number of thiazole rings is 1. The summed E-state index contributed by atoms with van der Waals surface area (Å²) in [4.78, 5) is 17.1. The van der Waals surface area contributed by atoms with Gasteiger partial charge in [0.2, 0.25) is 0 Å². The maximum Gasteiger partial charge on any atom is 0.255 e. The fraction of sp³-hybridized carbons (Fsp3) is 0.273. The van der Waals surface area contributed by atoms with Gasteiger partial charge in [-0.3, -0.25) is 4.79 Å². The molecule has 6 nitrogen and oxygen atoms in total. The van der Waals surface area contributed by atoms with Crippen molar-refractivity contribution in [3.8, 4) is 17.2 Å². The molecular weight excluding hydrogens is 468 g/mol. The number of nitrogens with zero attached hydrogens (tertiary/aromatic N) is 1. The van der Waals surface area contributed by atoms with E-state index in [9.17, 15) is 4.79 Å². The maximum absolute atomic E-state index is 12.7. The van der Waals surface area contributed by atoms with Crippen LogP contribution in [-0.2, 0) is 13.0 Å². The van der Waals surface area contributed by atoms with Crippen LogP contribution in [0.1, 0.15) is 26.6 Å². The predicted molar refractivity (Wildman–Crippen MR) is 121 cm³/mol. The number of halogens is 1. The van der Waals surface area contributed by atoms with Gasteiger partial charge in [-0.25, -0.2) is 4.98 Å². The van der Waals surface area contributed by atoms with Crippen LogP contribution in [0, 0.1) is 6.92 Å². The highest BCUT2D eigenvalue weighted by Gasteiger charge is 2.14. The summed E-state index contributed by atoms with van der Waals surface area (Å²) in [6.45, 7) is 2.74. The SMILES string of the molecule is COc1cc(Br)c(CCNC(=O)c2ccccc2OCc2csc(C)n2)cc1OC. The number of benzene rings is 2. The molecule has 0 saturated heterocycles. The van der Waals surface area contributed by atoms with E-state index in [0.717, 1.165) is 20.7 Å². The number of hydrogen-bond donors (Lipinski definition) is 1. The lowest BCUT2D eigenvalue weighted by Crippen LogP contribution is -2.26. The Kier molecular flexibility index (Phi) is 7.70. The van der Waals surface area contributed by atoms with Crippen LogP contribution < -0.4 is 19.5 Å². The fourth-order valence-corrected chi connectivity index (χ4v) is 4.02. The second-order valence-electron chi connectivity index (χ2n) is 6.45. The molecule has 3 rings (SSSR count). The van der Waals surface area contributed by atoms with Crippen LogP contribution in [0.2, 0.25) is 0 Å². The number of carbonyl (C=O) groups is 1. The summed E-state index contributed by atoms with van der Waals surface area (Å²) in [5.41, 5.74) is 2.36. The summed E-state index contributed by atoms with van der Waals surface area (Å²) in [6, 6.07) is 11.0. The molecule has 0 atom stereocenters. The summed E-state index contributed by atoms with van der Waals surface area (Å²) in [5.74, 6) is 1.65. The Morgan fingerprint density at radius 2 is 1.87 bits per heavy atom. The minimum absolute atomic E-state index is 0.184. The van der Waals surface area contributed by atoms with Crippen molar-refractivity contribution in [2.75, 3.05) is 20.8 Å². The molecule has 1 amide bonds. The van der Waals surface area contributed by atoms with Gasteiger partial charge in [-0.15, -0.1) is 11.3 Å². The first-order valence-electron chi connectivity index (χ1n) is 9.33. The lowest BCUT2D eigenvalue weighted by Gasteiger charge is -2.13. The second-order valence-corrected chi connectivity index (χ2v) is 8.36. The third-order valence-electron chi connectivity index (χ3n) is 4.41. The predicted octanol–water partition coefficient (Wildman–Crippen LogP) is 4.78. The summed E-state index contributed by atoms with van der Waals surface area (Å²) in [7, 11) is 3.19. The van der Waals surface area contributed by atoms with Crippen molar-refractivity contribution in [3.63, 3.8) is 0 Å². The molecule has 3 aromatic rings. The molecule has 8 heteroatoms. The lowest BCUT2D eigenvalue weighted by molar-refractivity contribution is 0.0949. The number of hydrogen-bond acceptors (Lipinski definition) is 6. The van der Waals surface area contributed by atoms with Gasteiger partial charge in [-0.05, 0) is 43.2 Å². The molecule has 0 bridgehead atoms. The normalized spacial score (nSPS) is 10.5. The van der Waals surface area contributed by atoms with Gasteiger partial charge in [0.1, 0.15) is 12.4 Å². The number of aromatic nitrogens is 1. The number of nitrogens with one attached hydrogen (secondary N) is 1. The van der Waals surface area contributed by atoms with Gasteiger partial charge >= 0.3 is 0 Å². The van der Waals surface area contributed by atoms with Crippen LogP contribution >= 0.6 is 27.3 Å². The first-order chi connectivity index (χ1) is 14.5. The molecule has 0 aliphatic heterocycles. The number of rotatable bonds is 9. The molecular formula is C22H23BrN2O4S.